The van der Waals surface area contributed by atoms with Gasteiger partial charge in [0.25, 0.3) is 5.91 Å². The first-order valence-electron chi connectivity index (χ1n) is 6.58. The summed E-state index contributed by atoms with van der Waals surface area (Å²) >= 11 is 0. The zero-order chi connectivity index (χ0) is 15.6. The van der Waals surface area contributed by atoms with Crippen molar-refractivity contribution < 1.29 is 9.18 Å². The van der Waals surface area contributed by atoms with Crippen LogP contribution in [-0.4, -0.2) is 13.0 Å². The second-order valence-electron chi connectivity index (χ2n) is 4.96. The molecule has 0 spiro atoms. The number of nitrogen functional groups attached to an aromatic ring is 1. The molecular weight excluding hydrogens is 269 g/mol. The van der Waals surface area contributed by atoms with Gasteiger partial charge in [0.2, 0.25) is 0 Å². The first-order chi connectivity index (χ1) is 9.91. The second-order valence-corrected chi connectivity index (χ2v) is 4.96. The highest BCUT2D eigenvalue weighted by Crippen LogP contribution is 2.30. The highest BCUT2D eigenvalue weighted by molar-refractivity contribution is 5.99. The average molecular weight is 287 g/mol. The number of carbonyl (C=O) groups is 1. The van der Waals surface area contributed by atoms with Gasteiger partial charge in [-0.05, 0) is 36.8 Å². The van der Waals surface area contributed by atoms with Gasteiger partial charge >= 0.3 is 0 Å². The maximum absolute atomic E-state index is 13.8. The summed E-state index contributed by atoms with van der Waals surface area (Å²) in [7, 11) is 1.79. The van der Waals surface area contributed by atoms with E-state index in [0.717, 1.165) is 5.56 Å². The van der Waals surface area contributed by atoms with E-state index >= 15 is 0 Å². The van der Waals surface area contributed by atoms with Crippen molar-refractivity contribution in [2.75, 3.05) is 17.7 Å². The van der Waals surface area contributed by atoms with Crippen LogP contribution in [0.2, 0.25) is 0 Å². The van der Waals surface area contributed by atoms with Crippen LogP contribution < -0.4 is 16.4 Å². The Balaban J connectivity index is 2.43. The largest absolute Gasteiger partial charge is 0.399 e. The summed E-state index contributed by atoms with van der Waals surface area (Å²) in [4.78, 5) is 13.3. The molecule has 2 aromatic rings. The van der Waals surface area contributed by atoms with Gasteiger partial charge in [0, 0.05) is 12.7 Å². The molecule has 1 amide bonds. The van der Waals surface area contributed by atoms with E-state index in [1.54, 1.807) is 30.1 Å². The number of anilines is 2. The van der Waals surface area contributed by atoms with Crippen molar-refractivity contribution in [2.24, 2.45) is 5.73 Å². The molecule has 0 aliphatic carbocycles. The Bertz CT molecular complexity index is 672. The topological polar surface area (TPSA) is 72.3 Å². The number of carbonyl (C=O) groups excluding carboxylic acids is 1. The lowest BCUT2D eigenvalue weighted by Crippen LogP contribution is -2.26. The lowest BCUT2D eigenvalue weighted by atomic mass is 10.0. The molecule has 0 saturated carbocycles. The van der Waals surface area contributed by atoms with Crippen LogP contribution in [0.3, 0.4) is 0 Å². The van der Waals surface area contributed by atoms with Crippen LogP contribution in [0.25, 0.3) is 0 Å². The van der Waals surface area contributed by atoms with Gasteiger partial charge in [0.1, 0.15) is 5.82 Å². The Kier molecular flexibility index (Phi) is 4.12. The molecule has 4 N–H and O–H groups in total. The molecular formula is C16H18FN3O. The maximum Gasteiger partial charge on any atom is 0.253 e. The zero-order valence-electron chi connectivity index (χ0n) is 12.0. The fraction of sp³-hybridized carbons (Fsp3) is 0.188. The molecule has 21 heavy (non-hydrogen) atoms. The Morgan fingerprint density at radius 1 is 1.24 bits per heavy atom. The van der Waals surface area contributed by atoms with E-state index in [1.165, 1.54) is 6.07 Å². The van der Waals surface area contributed by atoms with Crippen molar-refractivity contribution >= 4 is 17.3 Å². The fourth-order valence-electron chi connectivity index (χ4n) is 2.30. The monoisotopic (exact) mass is 287 g/mol. The van der Waals surface area contributed by atoms with E-state index in [-0.39, 0.29) is 11.6 Å². The Morgan fingerprint density at radius 3 is 2.52 bits per heavy atom. The van der Waals surface area contributed by atoms with E-state index in [9.17, 15) is 9.18 Å². The molecule has 0 bridgehead atoms. The van der Waals surface area contributed by atoms with Crippen molar-refractivity contribution in [3.63, 3.8) is 0 Å². The van der Waals surface area contributed by atoms with Crippen molar-refractivity contribution in [2.45, 2.75) is 13.0 Å². The van der Waals surface area contributed by atoms with Crippen molar-refractivity contribution in [1.82, 2.24) is 0 Å². The predicted molar refractivity (Wildman–Crippen MR) is 82.6 cm³/mol. The summed E-state index contributed by atoms with van der Waals surface area (Å²) in [6, 6.07) is 11.8. The zero-order valence-corrected chi connectivity index (χ0v) is 12.0. The third kappa shape index (κ3) is 2.97. The number of primary amides is 1. The Hall–Kier alpha value is -2.56. The highest BCUT2D eigenvalue weighted by Gasteiger charge is 2.20. The average Bonchev–Trinajstić information content (AvgIpc) is 2.45. The molecule has 4 nitrogen and oxygen atoms in total. The number of amides is 1. The molecule has 1 unspecified atom stereocenters. The lowest BCUT2D eigenvalue weighted by molar-refractivity contribution is 0.0997. The number of hydrogen-bond donors (Lipinski definition) is 2. The molecule has 0 aliphatic heterocycles. The SMILES string of the molecule is CC(c1cccc(N)c1)N(C)c1cccc(F)c1C(N)=O. The van der Waals surface area contributed by atoms with E-state index < -0.39 is 11.7 Å². The quantitative estimate of drug-likeness (QED) is 0.849. The van der Waals surface area contributed by atoms with Gasteiger partial charge in [-0.3, -0.25) is 4.79 Å². The third-order valence-electron chi connectivity index (χ3n) is 3.59. The molecule has 0 heterocycles. The second kappa shape index (κ2) is 5.83. The van der Waals surface area contributed by atoms with E-state index in [2.05, 4.69) is 0 Å². The van der Waals surface area contributed by atoms with Crippen molar-refractivity contribution in [3.05, 3.63) is 59.4 Å². The first kappa shape index (κ1) is 14.8. The maximum atomic E-state index is 13.8. The van der Waals surface area contributed by atoms with Crippen molar-refractivity contribution in [3.8, 4) is 0 Å². The van der Waals surface area contributed by atoms with Gasteiger partial charge in [0.15, 0.2) is 0 Å². The number of halogens is 1. The lowest BCUT2D eigenvalue weighted by Gasteiger charge is -2.29. The normalized spacial score (nSPS) is 12.0. The summed E-state index contributed by atoms with van der Waals surface area (Å²) < 4.78 is 13.8. The minimum Gasteiger partial charge on any atom is -0.399 e. The minimum absolute atomic E-state index is 0.0894. The van der Waals surface area contributed by atoms with Gasteiger partial charge in [-0.25, -0.2) is 4.39 Å². The van der Waals surface area contributed by atoms with Crippen LogP contribution in [0, 0.1) is 5.82 Å². The van der Waals surface area contributed by atoms with Crippen LogP contribution in [-0.2, 0) is 0 Å². The van der Waals surface area contributed by atoms with E-state index in [4.69, 9.17) is 11.5 Å². The van der Waals surface area contributed by atoms with Gasteiger partial charge in [-0.15, -0.1) is 0 Å². The molecule has 0 fully saturated rings. The van der Waals surface area contributed by atoms with Crippen molar-refractivity contribution in [1.29, 1.82) is 0 Å². The van der Waals surface area contributed by atoms with Crippen LogP contribution in [0.1, 0.15) is 28.9 Å². The van der Waals surface area contributed by atoms with Gasteiger partial charge < -0.3 is 16.4 Å². The summed E-state index contributed by atoms with van der Waals surface area (Å²) in [5.74, 6) is -1.40. The molecule has 5 heteroatoms. The van der Waals surface area contributed by atoms with Crippen LogP contribution >= 0.6 is 0 Å². The van der Waals surface area contributed by atoms with Crippen LogP contribution in [0.5, 0.6) is 0 Å². The van der Waals surface area contributed by atoms with Gasteiger partial charge in [0.05, 0.1) is 17.3 Å². The fourth-order valence-corrected chi connectivity index (χ4v) is 2.30. The van der Waals surface area contributed by atoms with Gasteiger partial charge in [-0.2, -0.15) is 0 Å². The first-order valence-corrected chi connectivity index (χ1v) is 6.58. The molecule has 0 saturated heterocycles. The van der Waals surface area contributed by atoms with Gasteiger partial charge in [-0.1, -0.05) is 18.2 Å². The number of nitrogens with two attached hydrogens (primary N) is 2. The molecule has 0 aliphatic rings. The smallest absolute Gasteiger partial charge is 0.253 e. The molecule has 0 aromatic heterocycles. The van der Waals surface area contributed by atoms with E-state index in [1.807, 2.05) is 25.1 Å². The van der Waals surface area contributed by atoms with Crippen LogP contribution in [0.4, 0.5) is 15.8 Å². The standard InChI is InChI=1S/C16H18FN3O/c1-10(11-5-3-6-12(18)9-11)20(2)14-8-4-7-13(17)15(14)16(19)21/h3-10H,18H2,1-2H3,(H2,19,21). The third-order valence-corrected chi connectivity index (χ3v) is 3.59. The molecule has 2 aromatic carbocycles. The predicted octanol–water partition coefficient (Wildman–Crippen LogP) is 2.70. The summed E-state index contributed by atoms with van der Waals surface area (Å²) in [6.07, 6.45) is 0. The Labute approximate surface area is 123 Å². The Morgan fingerprint density at radius 2 is 1.90 bits per heavy atom. The molecule has 0 radical (unpaired) electrons. The number of benzene rings is 2. The summed E-state index contributed by atoms with van der Waals surface area (Å²) in [5.41, 5.74) is 13.1. The molecule has 1 atom stereocenters. The molecule has 2 rings (SSSR count). The molecule has 110 valence electrons. The summed E-state index contributed by atoms with van der Waals surface area (Å²) in [6.45, 7) is 1.95. The minimum atomic E-state index is -0.783. The number of rotatable bonds is 4. The number of nitrogens with zero attached hydrogens (tertiary/aromatic N) is 1. The summed E-state index contributed by atoms with van der Waals surface area (Å²) in [5, 5.41) is 0. The van der Waals surface area contributed by atoms with E-state index in [0.29, 0.717) is 11.4 Å². The van der Waals surface area contributed by atoms with Crippen LogP contribution in [0.15, 0.2) is 42.5 Å². The number of hydrogen-bond acceptors (Lipinski definition) is 3. The highest BCUT2D eigenvalue weighted by atomic mass is 19.1.